The minimum Gasteiger partial charge on any atom is -0.454 e. The Balaban J connectivity index is 1.86. The Morgan fingerprint density at radius 1 is 1.11 bits per heavy atom. The molecule has 0 saturated heterocycles. The SMILES string of the molecule is CC(C)(O)CN(C(CCCNC(=O)[C@H](N)CS(C)(=O)=O)c1ccccc1)S(=O)(=O)c1ccc2c(c1)OCO2. The Hall–Kier alpha value is -2.71. The van der Waals surface area contributed by atoms with Crippen LogP contribution in [0.25, 0.3) is 0 Å². The molecule has 3 rings (SSSR count). The number of fused-ring (bicyclic) bond motifs is 1. The zero-order chi connectivity index (χ0) is 28.1. The summed E-state index contributed by atoms with van der Waals surface area (Å²) < 4.78 is 62.7. The summed E-state index contributed by atoms with van der Waals surface area (Å²) in [5.74, 6) is -0.312. The van der Waals surface area contributed by atoms with Gasteiger partial charge in [0.2, 0.25) is 22.7 Å². The second-order valence-corrected chi connectivity index (χ2v) is 14.0. The topological polar surface area (TPSA) is 165 Å². The lowest BCUT2D eigenvalue weighted by Gasteiger charge is -2.35. The first-order chi connectivity index (χ1) is 17.7. The van der Waals surface area contributed by atoms with Crippen LogP contribution in [0.15, 0.2) is 53.4 Å². The number of amides is 1. The van der Waals surface area contributed by atoms with Gasteiger partial charge >= 0.3 is 0 Å². The molecule has 38 heavy (non-hydrogen) atoms. The number of nitrogens with one attached hydrogen (secondary N) is 1. The maximum Gasteiger partial charge on any atom is 0.243 e. The lowest BCUT2D eigenvalue weighted by Crippen LogP contribution is -2.45. The highest BCUT2D eigenvalue weighted by atomic mass is 32.2. The van der Waals surface area contributed by atoms with Crippen molar-refractivity contribution >= 4 is 25.8 Å². The van der Waals surface area contributed by atoms with Gasteiger partial charge in [-0.25, -0.2) is 16.8 Å². The molecule has 0 spiro atoms. The van der Waals surface area contributed by atoms with E-state index >= 15 is 0 Å². The molecule has 1 amide bonds. The number of aliphatic hydroxyl groups is 1. The number of sulfonamides is 1. The van der Waals surface area contributed by atoms with Gasteiger partial charge in [-0.3, -0.25) is 4.79 Å². The highest BCUT2D eigenvalue weighted by Crippen LogP contribution is 2.37. The molecule has 210 valence electrons. The first-order valence-electron chi connectivity index (χ1n) is 12.1. The minimum atomic E-state index is -4.13. The van der Waals surface area contributed by atoms with E-state index in [1.807, 2.05) is 6.07 Å². The van der Waals surface area contributed by atoms with Gasteiger partial charge in [-0.2, -0.15) is 4.31 Å². The van der Waals surface area contributed by atoms with E-state index in [1.54, 1.807) is 24.3 Å². The number of nitrogens with zero attached hydrogens (tertiary/aromatic N) is 1. The van der Waals surface area contributed by atoms with Crippen LogP contribution in [-0.4, -0.2) is 75.7 Å². The van der Waals surface area contributed by atoms with Crippen LogP contribution in [0.1, 0.15) is 38.3 Å². The maximum atomic E-state index is 14.0. The summed E-state index contributed by atoms with van der Waals surface area (Å²) in [6, 6.07) is 11.5. The number of nitrogens with two attached hydrogens (primary N) is 1. The third-order valence-electron chi connectivity index (χ3n) is 5.80. The second-order valence-electron chi connectivity index (χ2n) is 9.94. The van der Waals surface area contributed by atoms with Crippen LogP contribution in [0.3, 0.4) is 0 Å². The third kappa shape index (κ3) is 8.14. The first-order valence-corrected chi connectivity index (χ1v) is 15.6. The number of hydrogen-bond acceptors (Lipinski definition) is 9. The van der Waals surface area contributed by atoms with Crippen molar-refractivity contribution in [1.29, 1.82) is 0 Å². The van der Waals surface area contributed by atoms with Gasteiger partial charge in [0.25, 0.3) is 0 Å². The van der Waals surface area contributed by atoms with E-state index in [1.165, 1.54) is 36.4 Å². The van der Waals surface area contributed by atoms with Crippen LogP contribution in [0, 0.1) is 0 Å². The van der Waals surface area contributed by atoms with Gasteiger partial charge in [0.05, 0.1) is 28.3 Å². The number of carbonyl (C=O) groups excluding carboxylic acids is 1. The molecule has 1 aliphatic heterocycles. The van der Waals surface area contributed by atoms with Crippen LogP contribution in [-0.2, 0) is 24.7 Å². The molecule has 0 aromatic heterocycles. The summed E-state index contributed by atoms with van der Waals surface area (Å²) in [5.41, 5.74) is 5.04. The van der Waals surface area contributed by atoms with E-state index in [9.17, 15) is 26.7 Å². The molecule has 1 aliphatic rings. The fourth-order valence-corrected chi connectivity index (χ4v) is 6.73. The molecule has 1 unspecified atom stereocenters. The van der Waals surface area contributed by atoms with Gasteiger partial charge in [-0.05, 0) is 44.4 Å². The highest BCUT2D eigenvalue weighted by Gasteiger charge is 2.36. The van der Waals surface area contributed by atoms with E-state index in [0.29, 0.717) is 29.9 Å². The summed E-state index contributed by atoms with van der Waals surface area (Å²) in [7, 11) is -7.55. The number of rotatable bonds is 13. The first kappa shape index (κ1) is 29.8. The summed E-state index contributed by atoms with van der Waals surface area (Å²) in [4.78, 5) is 12.2. The van der Waals surface area contributed by atoms with Crippen molar-refractivity contribution in [1.82, 2.24) is 9.62 Å². The van der Waals surface area contributed by atoms with Crippen molar-refractivity contribution in [2.45, 2.75) is 49.3 Å². The fourth-order valence-electron chi connectivity index (χ4n) is 4.11. The van der Waals surface area contributed by atoms with Gasteiger partial charge in [0, 0.05) is 25.4 Å². The Morgan fingerprint density at radius 3 is 2.39 bits per heavy atom. The van der Waals surface area contributed by atoms with E-state index in [-0.39, 0.29) is 24.8 Å². The minimum absolute atomic E-state index is 0.00156. The van der Waals surface area contributed by atoms with Crippen LogP contribution in [0.4, 0.5) is 0 Å². The lowest BCUT2D eigenvalue weighted by atomic mass is 10.0. The molecular weight excluding hydrogens is 534 g/mol. The molecule has 13 heteroatoms. The molecule has 0 radical (unpaired) electrons. The van der Waals surface area contributed by atoms with Crippen molar-refractivity contribution in [3.05, 3.63) is 54.1 Å². The van der Waals surface area contributed by atoms with E-state index in [4.69, 9.17) is 15.2 Å². The molecule has 0 aliphatic carbocycles. The van der Waals surface area contributed by atoms with Gasteiger partial charge in [-0.1, -0.05) is 30.3 Å². The predicted octanol–water partition coefficient (Wildman–Crippen LogP) is 1.19. The molecule has 2 atom stereocenters. The second kappa shape index (κ2) is 12.0. The molecular formula is C25H35N3O8S2. The van der Waals surface area contributed by atoms with Crippen molar-refractivity contribution in [2.24, 2.45) is 5.73 Å². The monoisotopic (exact) mass is 569 g/mol. The number of ether oxygens (including phenoxy) is 2. The van der Waals surface area contributed by atoms with Crippen molar-refractivity contribution in [2.75, 3.05) is 31.9 Å². The van der Waals surface area contributed by atoms with Crippen LogP contribution in [0.2, 0.25) is 0 Å². The molecule has 2 aromatic rings. The van der Waals surface area contributed by atoms with E-state index in [2.05, 4.69) is 5.32 Å². The lowest BCUT2D eigenvalue weighted by molar-refractivity contribution is -0.121. The fraction of sp³-hybridized carbons (Fsp3) is 0.480. The largest absolute Gasteiger partial charge is 0.454 e. The zero-order valence-corrected chi connectivity index (χ0v) is 23.3. The van der Waals surface area contributed by atoms with E-state index < -0.39 is 49.2 Å². The van der Waals surface area contributed by atoms with Crippen molar-refractivity contribution in [3.8, 4) is 11.5 Å². The smallest absolute Gasteiger partial charge is 0.243 e. The standard InChI is InChI=1S/C25H35N3O8S2/c1-25(2,30)16-28(38(33,34)19-11-12-22-23(14-19)36-17-35-22)21(18-8-5-4-6-9-18)10-7-13-27-24(29)20(26)15-37(3,31)32/h4-6,8-9,11-12,14,20-21,30H,7,10,13,15-17,26H2,1-3H3,(H,27,29)/t20-,21?/m1/s1. The van der Waals surface area contributed by atoms with Crippen LogP contribution < -0.4 is 20.5 Å². The van der Waals surface area contributed by atoms with Gasteiger partial charge in [-0.15, -0.1) is 0 Å². The summed E-state index contributed by atoms with van der Waals surface area (Å²) in [6.45, 7) is 3.01. The summed E-state index contributed by atoms with van der Waals surface area (Å²) in [5, 5.41) is 13.3. The molecule has 0 bridgehead atoms. The van der Waals surface area contributed by atoms with Gasteiger partial charge in [0.1, 0.15) is 9.84 Å². The quantitative estimate of drug-likeness (QED) is 0.300. The Morgan fingerprint density at radius 2 is 1.76 bits per heavy atom. The van der Waals surface area contributed by atoms with Crippen LogP contribution >= 0.6 is 0 Å². The molecule has 2 aromatic carbocycles. The normalized spacial score (nSPS) is 15.3. The number of carbonyl (C=O) groups is 1. The Labute approximate surface area is 223 Å². The van der Waals surface area contributed by atoms with Crippen LogP contribution in [0.5, 0.6) is 11.5 Å². The Bertz CT molecular complexity index is 1330. The molecule has 0 saturated carbocycles. The molecule has 11 nitrogen and oxygen atoms in total. The third-order valence-corrected chi connectivity index (χ3v) is 8.61. The van der Waals surface area contributed by atoms with Crippen molar-refractivity contribution in [3.63, 3.8) is 0 Å². The van der Waals surface area contributed by atoms with Crippen molar-refractivity contribution < 1.29 is 36.2 Å². The highest BCUT2D eigenvalue weighted by molar-refractivity contribution is 7.90. The number of sulfone groups is 1. The predicted molar refractivity (Wildman–Crippen MR) is 142 cm³/mol. The molecule has 0 fully saturated rings. The van der Waals surface area contributed by atoms with E-state index in [0.717, 1.165) is 6.26 Å². The average Bonchev–Trinajstić information content (AvgIpc) is 3.29. The zero-order valence-electron chi connectivity index (χ0n) is 21.7. The summed E-state index contributed by atoms with van der Waals surface area (Å²) >= 11 is 0. The molecule has 1 heterocycles. The molecule has 4 N–H and O–H groups in total. The average molecular weight is 570 g/mol. The number of hydrogen-bond donors (Lipinski definition) is 3. The Kier molecular flexibility index (Phi) is 9.42. The van der Waals surface area contributed by atoms with Gasteiger partial charge in [0.15, 0.2) is 11.5 Å². The summed E-state index contributed by atoms with van der Waals surface area (Å²) in [6.07, 6.45) is 1.66. The van der Waals surface area contributed by atoms with Gasteiger partial charge < -0.3 is 25.6 Å². The number of benzene rings is 2. The maximum absolute atomic E-state index is 14.0.